The number of carbonyl (C=O) groups is 1. The summed E-state index contributed by atoms with van der Waals surface area (Å²) in [5.41, 5.74) is 0. The molecule has 2 aliphatic rings. The molecule has 0 radical (unpaired) electrons. The Morgan fingerprint density at radius 3 is 2.95 bits per heavy atom. The van der Waals surface area contributed by atoms with Crippen molar-refractivity contribution in [3.05, 3.63) is 0 Å². The van der Waals surface area contributed by atoms with Gasteiger partial charge >= 0.3 is 6.03 Å². The fourth-order valence-corrected chi connectivity index (χ4v) is 3.75. The molecule has 122 valence electrons. The van der Waals surface area contributed by atoms with Crippen LogP contribution in [0.15, 0.2) is 0 Å². The molecular weight excluding hydrogens is 268 g/mol. The predicted octanol–water partition coefficient (Wildman–Crippen LogP) is 2.04. The Morgan fingerprint density at radius 2 is 2.19 bits per heavy atom. The van der Waals surface area contributed by atoms with E-state index in [2.05, 4.69) is 17.6 Å². The van der Waals surface area contributed by atoms with Crippen molar-refractivity contribution in [1.82, 2.24) is 10.6 Å². The summed E-state index contributed by atoms with van der Waals surface area (Å²) in [6.07, 6.45) is 7.64. The molecule has 5 heteroatoms. The second kappa shape index (κ2) is 8.59. The predicted molar refractivity (Wildman–Crippen MR) is 82.1 cm³/mol. The summed E-state index contributed by atoms with van der Waals surface area (Å²) in [6.45, 7) is 3.81. The van der Waals surface area contributed by atoms with E-state index in [1.54, 1.807) is 0 Å². The zero-order chi connectivity index (χ0) is 15.1. The Labute approximate surface area is 127 Å². The lowest BCUT2D eigenvalue weighted by molar-refractivity contribution is 0.0549. The molecule has 1 saturated heterocycles. The van der Waals surface area contributed by atoms with Crippen LogP contribution in [0.5, 0.6) is 0 Å². The minimum atomic E-state index is -0.0633. The molecule has 4 atom stereocenters. The molecule has 2 rings (SSSR count). The van der Waals surface area contributed by atoms with Gasteiger partial charge in [-0.25, -0.2) is 4.79 Å². The zero-order valence-corrected chi connectivity index (χ0v) is 13.1. The van der Waals surface area contributed by atoms with Gasteiger partial charge in [-0.1, -0.05) is 13.3 Å². The number of hydrogen-bond donors (Lipinski definition) is 3. The van der Waals surface area contributed by atoms with Crippen LogP contribution in [0.3, 0.4) is 0 Å². The van der Waals surface area contributed by atoms with Crippen LogP contribution in [0.1, 0.15) is 51.9 Å². The minimum Gasteiger partial charge on any atom is -0.396 e. The van der Waals surface area contributed by atoms with E-state index in [1.807, 2.05) is 0 Å². The van der Waals surface area contributed by atoms with Crippen molar-refractivity contribution in [2.45, 2.75) is 64.0 Å². The van der Waals surface area contributed by atoms with E-state index in [0.29, 0.717) is 24.5 Å². The van der Waals surface area contributed by atoms with Crippen molar-refractivity contribution in [2.75, 3.05) is 19.8 Å². The maximum absolute atomic E-state index is 12.1. The van der Waals surface area contributed by atoms with E-state index in [-0.39, 0.29) is 18.7 Å². The van der Waals surface area contributed by atoms with Crippen LogP contribution in [-0.2, 0) is 4.74 Å². The first-order chi connectivity index (χ1) is 10.2. The molecule has 0 aromatic heterocycles. The van der Waals surface area contributed by atoms with Gasteiger partial charge in [-0.05, 0) is 44.4 Å². The third kappa shape index (κ3) is 4.85. The van der Waals surface area contributed by atoms with Gasteiger partial charge in [0.2, 0.25) is 0 Å². The Kier molecular flexibility index (Phi) is 6.77. The van der Waals surface area contributed by atoms with Crippen LogP contribution in [0, 0.1) is 11.8 Å². The van der Waals surface area contributed by atoms with Crippen LogP contribution in [-0.4, -0.2) is 43.0 Å². The second-order valence-electron chi connectivity index (χ2n) is 6.42. The smallest absolute Gasteiger partial charge is 0.315 e. The summed E-state index contributed by atoms with van der Waals surface area (Å²) < 4.78 is 5.73. The monoisotopic (exact) mass is 298 g/mol. The lowest BCUT2D eigenvalue weighted by atomic mass is 9.82. The van der Waals surface area contributed by atoms with Gasteiger partial charge < -0.3 is 20.5 Å². The highest BCUT2D eigenvalue weighted by molar-refractivity contribution is 5.74. The van der Waals surface area contributed by atoms with Gasteiger partial charge in [0, 0.05) is 31.7 Å². The Balaban J connectivity index is 1.73. The van der Waals surface area contributed by atoms with Gasteiger partial charge in [0.05, 0.1) is 6.10 Å². The number of aliphatic hydroxyl groups excluding tert-OH is 1. The number of urea groups is 1. The number of ether oxygens (including phenoxy) is 1. The first-order valence-electron chi connectivity index (χ1n) is 8.51. The summed E-state index contributed by atoms with van der Waals surface area (Å²) in [7, 11) is 0. The topological polar surface area (TPSA) is 70.6 Å². The van der Waals surface area contributed by atoms with Crippen LogP contribution in [0.2, 0.25) is 0 Å². The van der Waals surface area contributed by atoms with E-state index in [4.69, 9.17) is 9.84 Å². The van der Waals surface area contributed by atoms with Gasteiger partial charge in [-0.3, -0.25) is 0 Å². The molecule has 1 aliphatic carbocycles. The van der Waals surface area contributed by atoms with Gasteiger partial charge in [0.1, 0.15) is 0 Å². The molecule has 0 aromatic rings. The molecule has 1 heterocycles. The summed E-state index contributed by atoms with van der Waals surface area (Å²) >= 11 is 0. The Hall–Kier alpha value is -0.810. The molecule has 0 bridgehead atoms. The number of fused-ring (bicyclic) bond motifs is 1. The van der Waals surface area contributed by atoms with E-state index < -0.39 is 0 Å². The second-order valence-corrected chi connectivity index (χ2v) is 6.42. The van der Waals surface area contributed by atoms with Crippen LogP contribution in [0.25, 0.3) is 0 Å². The fraction of sp³-hybridized carbons (Fsp3) is 0.938. The quantitative estimate of drug-likeness (QED) is 0.673. The van der Waals surface area contributed by atoms with Crippen LogP contribution >= 0.6 is 0 Å². The number of rotatable bonds is 7. The molecule has 4 unspecified atom stereocenters. The Bertz CT molecular complexity index is 319. The molecule has 0 aromatic carbocycles. The van der Waals surface area contributed by atoms with Crippen molar-refractivity contribution in [3.63, 3.8) is 0 Å². The average molecular weight is 298 g/mol. The van der Waals surface area contributed by atoms with Crippen molar-refractivity contribution in [1.29, 1.82) is 0 Å². The summed E-state index contributed by atoms with van der Waals surface area (Å²) in [4.78, 5) is 12.1. The molecular formula is C16H30N2O3. The van der Waals surface area contributed by atoms with E-state index in [9.17, 15) is 4.79 Å². The standard InChI is InChI=1S/C16H30N2O3/c1-2-4-12(7-9-19)11-17-16(20)18-14-5-3-6-15-13(14)8-10-21-15/h12-15,19H,2-11H2,1H3,(H2,17,18,20). The number of aliphatic hydroxyl groups is 1. The van der Waals surface area contributed by atoms with Gasteiger partial charge in [-0.15, -0.1) is 0 Å². The highest BCUT2D eigenvalue weighted by atomic mass is 16.5. The lowest BCUT2D eigenvalue weighted by Crippen LogP contribution is -2.49. The highest BCUT2D eigenvalue weighted by Crippen LogP contribution is 2.34. The number of nitrogens with one attached hydrogen (secondary N) is 2. The third-order valence-corrected chi connectivity index (χ3v) is 4.88. The number of carbonyl (C=O) groups excluding carboxylic acids is 1. The molecule has 2 amide bonds. The van der Waals surface area contributed by atoms with Gasteiger partial charge in [0.15, 0.2) is 0 Å². The molecule has 3 N–H and O–H groups in total. The fourth-order valence-electron chi connectivity index (χ4n) is 3.75. The van der Waals surface area contributed by atoms with Gasteiger partial charge in [0.25, 0.3) is 0 Å². The first kappa shape index (κ1) is 16.6. The number of amides is 2. The molecule has 21 heavy (non-hydrogen) atoms. The van der Waals surface area contributed by atoms with E-state index in [1.165, 1.54) is 0 Å². The van der Waals surface area contributed by atoms with Crippen molar-refractivity contribution < 1.29 is 14.6 Å². The molecule has 0 spiro atoms. The molecule has 5 nitrogen and oxygen atoms in total. The van der Waals surface area contributed by atoms with Crippen LogP contribution in [0.4, 0.5) is 4.79 Å². The third-order valence-electron chi connectivity index (χ3n) is 4.88. The highest BCUT2D eigenvalue weighted by Gasteiger charge is 2.38. The van der Waals surface area contributed by atoms with Crippen molar-refractivity contribution in [3.8, 4) is 0 Å². The minimum absolute atomic E-state index is 0.0633. The molecule has 1 aliphatic heterocycles. The van der Waals surface area contributed by atoms with E-state index >= 15 is 0 Å². The molecule has 2 fully saturated rings. The summed E-state index contributed by atoms with van der Waals surface area (Å²) in [6, 6.07) is 0.195. The van der Waals surface area contributed by atoms with Crippen LogP contribution < -0.4 is 10.6 Å². The Morgan fingerprint density at radius 1 is 1.33 bits per heavy atom. The average Bonchev–Trinajstić information content (AvgIpc) is 2.95. The zero-order valence-electron chi connectivity index (χ0n) is 13.1. The SMILES string of the molecule is CCCC(CCO)CNC(=O)NC1CCCC2OCCC12. The largest absolute Gasteiger partial charge is 0.396 e. The summed E-state index contributed by atoms with van der Waals surface area (Å²) in [5, 5.41) is 15.2. The van der Waals surface area contributed by atoms with E-state index in [0.717, 1.165) is 51.6 Å². The van der Waals surface area contributed by atoms with Crippen molar-refractivity contribution in [2.24, 2.45) is 11.8 Å². The van der Waals surface area contributed by atoms with Crippen molar-refractivity contribution >= 4 is 6.03 Å². The maximum Gasteiger partial charge on any atom is 0.315 e. The molecule has 1 saturated carbocycles. The first-order valence-corrected chi connectivity index (χ1v) is 8.51. The maximum atomic E-state index is 12.1. The lowest BCUT2D eigenvalue weighted by Gasteiger charge is -2.33. The van der Waals surface area contributed by atoms with Gasteiger partial charge in [-0.2, -0.15) is 0 Å². The normalized spacial score (nSPS) is 29.7. The number of hydrogen-bond acceptors (Lipinski definition) is 3. The summed E-state index contributed by atoms with van der Waals surface area (Å²) in [5.74, 6) is 0.869.